The lowest BCUT2D eigenvalue weighted by molar-refractivity contribution is -0.145. The van der Waals surface area contributed by atoms with Crippen LogP contribution < -0.4 is 0 Å². The normalized spacial score (nSPS) is 13.7. The van der Waals surface area contributed by atoms with E-state index in [-0.39, 0.29) is 18.5 Å². The second kappa shape index (κ2) is 8.95. The lowest BCUT2D eigenvalue weighted by Gasteiger charge is -2.15. The van der Waals surface area contributed by atoms with E-state index in [1.54, 1.807) is 0 Å². The maximum Gasteiger partial charge on any atom is 0.306 e. The Hall–Kier alpha value is -3.08. The van der Waals surface area contributed by atoms with Gasteiger partial charge >= 0.3 is 5.97 Å². The number of carbonyl (C=O) groups excluding carboxylic acids is 2. The van der Waals surface area contributed by atoms with Crippen LogP contribution in [0.5, 0.6) is 0 Å². The molecule has 0 atom stereocenters. The van der Waals surface area contributed by atoms with Gasteiger partial charge in [0.25, 0.3) is 5.91 Å². The smallest absolute Gasteiger partial charge is 0.306 e. The number of carbonyl (C=O) groups is 2. The molecule has 0 aliphatic carbocycles. The number of para-hydroxylation sites is 1. The quantitative estimate of drug-likeness (QED) is 0.606. The number of H-pyrrole nitrogens is 1. The molecule has 2 heterocycles. The standard InChI is InChI=1S/C24H26N2O3/c27-23(9-5-6-20-16-25-22-8-2-1-7-21(20)22)29-17-18-10-12-19(13-11-18)24(28)26-14-3-4-15-26/h1-2,7-8,10-13,16,25H,3-6,9,14-15,17H2. The van der Waals surface area contributed by atoms with E-state index >= 15 is 0 Å². The zero-order valence-corrected chi connectivity index (χ0v) is 16.5. The summed E-state index contributed by atoms with van der Waals surface area (Å²) in [4.78, 5) is 29.6. The van der Waals surface area contributed by atoms with Crippen molar-refractivity contribution in [1.29, 1.82) is 0 Å². The van der Waals surface area contributed by atoms with Gasteiger partial charge in [-0.2, -0.15) is 0 Å². The molecular formula is C24H26N2O3. The van der Waals surface area contributed by atoms with Crippen molar-refractivity contribution < 1.29 is 14.3 Å². The zero-order chi connectivity index (χ0) is 20.1. The predicted octanol–water partition coefficient (Wildman–Crippen LogP) is 4.47. The number of aromatic nitrogens is 1. The van der Waals surface area contributed by atoms with Crippen LogP contribution in [0.1, 0.15) is 47.2 Å². The molecule has 1 aliphatic rings. The van der Waals surface area contributed by atoms with E-state index in [0.717, 1.165) is 49.9 Å². The summed E-state index contributed by atoms with van der Waals surface area (Å²) >= 11 is 0. The number of ether oxygens (including phenoxy) is 1. The van der Waals surface area contributed by atoms with Gasteiger partial charge in [-0.25, -0.2) is 0 Å². The van der Waals surface area contributed by atoms with E-state index in [4.69, 9.17) is 4.74 Å². The first-order valence-electron chi connectivity index (χ1n) is 10.3. The molecule has 0 bridgehead atoms. The van der Waals surface area contributed by atoms with Gasteiger partial charge in [0, 0.05) is 42.2 Å². The van der Waals surface area contributed by atoms with Gasteiger partial charge in [0.15, 0.2) is 0 Å². The Kier molecular flexibility index (Phi) is 5.94. The number of nitrogens with one attached hydrogen (secondary N) is 1. The molecule has 1 saturated heterocycles. The summed E-state index contributed by atoms with van der Waals surface area (Å²) in [5.74, 6) is -0.106. The number of aromatic amines is 1. The van der Waals surface area contributed by atoms with E-state index in [0.29, 0.717) is 12.0 Å². The molecule has 150 valence electrons. The molecule has 0 radical (unpaired) electrons. The van der Waals surface area contributed by atoms with Crippen molar-refractivity contribution in [1.82, 2.24) is 9.88 Å². The van der Waals surface area contributed by atoms with Gasteiger partial charge in [-0.15, -0.1) is 0 Å². The number of rotatable bonds is 7. The first-order chi connectivity index (χ1) is 14.2. The van der Waals surface area contributed by atoms with Crippen molar-refractivity contribution in [3.8, 4) is 0 Å². The summed E-state index contributed by atoms with van der Waals surface area (Å²) in [5.41, 5.74) is 3.94. The number of fused-ring (bicyclic) bond motifs is 1. The highest BCUT2D eigenvalue weighted by Crippen LogP contribution is 2.19. The molecular weight excluding hydrogens is 364 g/mol. The monoisotopic (exact) mass is 390 g/mol. The number of likely N-dealkylation sites (tertiary alicyclic amines) is 1. The zero-order valence-electron chi connectivity index (χ0n) is 16.5. The van der Waals surface area contributed by atoms with Crippen molar-refractivity contribution in [3.63, 3.8) is 0 Å². The molecule has 0 spiro atoms. The van der Waals surface area contributed by atoms with Gasteiger partial charge in [0.1, 0.15) is 6.61 Å². The van der Waals surface area contributed by atoms with Gasteiger partial charge in [-0.05, 0) is 55.0 Å². The van der Waals surface area contributed by atoms with Crippen molar-refractivity contribution in [2.45, 2.75) is 38.7 Å². The third-order valence-electron chi connectivity index (χ3n) is 5.50. The fourth-order valence-corrected chi connectivity index (χ4v) is 3.84. The lowest BCUT2D eigenvalue weighted by Crippen LogP contribution is -2.27. The molecule has 1 N–H and O–H groups in total. The highest BCUT2D eigenvalue weighted by Gasteiger charge is 2.19. The van der Waals surface area contributed by atoms with Crippen molar-refractivity contribution >= 4 is 22.8 Å². The maximum atomic E-state index is 12.4. The van der Waals surface area contributed by atoms with Gasteiger partial charge in [-0.3, -0.25) is 9.59 Å². The van der Waals surface area contributed by atoms with E-state index in [9.17, 15) is 9.59 Å². The number of hydrogen-bond acceptors (Lipinski definition) is 3. The number of benzene rings is 2. The Morgan fingerprint density at radius 1 is 1.00 bits per heavy atom. The molecule has 0 saturated carbocycles. The summed E-state index contributed by atoms with van der Waals surface area (Å²) in [6, 6.07) is 15.5. The average molecular weight is 390 g/mol. The second-order valence-electron chi connectivity index (χ2n) is 7.57. The fraction of sp³-hybridized carbons (Fsp3) is 0.333. The molecule has 29 heavy (non-hydrogen) atoms. The molecule has 5 heteroatoms. The van der Waals surface area contributed by atoms with Gasteiger partial charge in [0.2, 0.25) is 0 Å². The van der Waals surface area contributed by atoms with E-state index in [1.807, 2.05) is 47.5 Å². The lowest BCUT2D eigenvalue weighted by atomic mass is 10.1. The third kappa shape index (κ3) is 4.67. The summed E-state index contributed by atoms with van der Waals surface area (Å²) in [6.45, 7) is 1.93. The third-order valence-corrected chi connectivity index (χ3v) is 5.50. The van der Waals surface area contributed by atoms with Crippen molar-refractivity contribution in [3.05, 3.63) is 71.4 Å². The minimum atomic E-state index is -0.193. The number of aryl methyl sites for hydroxylation is 1. The summed E-state index contributed by atoms with van der Waals surface area (Å²) in [7, 11) is 0. The predicted molar refractivity (Wildman–Crippen MR) is 113 cm³/mol. The Balaban J connectivity index is 1.21. The second-order valence-corrected chi connectivity index (χ2v) is 7.57. The van der Waals surface area contributed by atoms with Gasteiger partial charge in [-0.1, -0.05) is 30.3 Å². The summed E-state index contributed by atoms with van der Waals surface area (Å²) in [5, 5.41) is 1.21. The minimum Gasteiger partial charge on any atom is -0.461 e. The van der Waals surface area contributed by atoms with Crippen molar-refractivity contribution in [2.75, 3.05) is 13.1 Å². The first kappa shape index (κ1) is 19.2. The van der Waals surface area contributed by atoms with Gasteiger partial charge < -0.3 is 14.6 Å². The first-order valence-corrected chi connectivity index (χ1v) is 10.3. The Labute approximate surface area is 170 Å². The number of esters is 1. The maximum absolute atomic E-state index is 12.4. The van der Waals surface area contributed by atoms with E-state index < -0.39 is 0 Å². The number of amides is 1. The summed E-state index contributed by atoms with van der Waals surface area (Å²) in [6.07, 6.45) is 6.17. The molecule has 1 amide bonds. The molecule has 2 aromatic carbocycles. The topological polar surface area (TPSA) is 62.4 Å². The SMILES string of the molecule is O=C(CCCc1c[nH]c2ccccc12)OCc1ccc(C(=O)N2CCCC2)cc1. The van der Waals surface area contributed by atoms with Gasteiger partial charge in [0.05, 0.1) is 0 Å². The molecule has 1 fully saturated rings. The van der Waals surface area contributed by atoms with Crippen LogP contribution in [0.15, 0.2) is 54.7 Å². The van der Waals surface area contributed by atoms with E-state index in [2.05, 4.69) is 17.1 Å². The molecule has 4 rings (SSSR count). The molecule has 3 aromatic rings. The number of hydrogen-bond donors (Lipinski definition) is 1. The number of nitrogens with zero attached hydrogens (tertiary/aromatic N) is 1. The van der Waals surface area contributed by atoms with Crippen LogP contribution in [0.4, 0.5) is 0 Å². The van der Waals surface area contributed by atoms with Crippen LogP contribution in [0.25, 0.3) is 10.9 Å². The van der Waals surface area contributed by atoms with Crippen LogP contribution >= 0.6 is 0 Å². The van der Waals surface area contributed by atoms with Crippen LogP contribution in [0.2, 0.25) is 0 Å². The minimum absolute atomic E-state index is 0.0864. The Bertz CT molecular complexity index is 985. The molecule has 1 aliphatic heterocycles. The Morgan fingerprint density at radius 3 is 2.55 bits per heavy atom. The van der Waals surface area contributed by atoms with Crippen molar-refractivity contribution in [2.24, 2.45) is 0 Å². The highest BCUT2D eigenvalue weighted by molar-refractivity contribution is 5.94. The molecule has 1 aromatic heterocycles. The van der Waals surface area contributed by atoms with E-state index in [1.165, 1.54) is 10.9 Å². The molecule has 0 unspecified atom stereocenters. The molecule has 5 nitrogen and oxygen atoms in total. The largest absolute Gasteiger partial charge is 0.461 e. The Morgan fingerprint density at radius 2 is 1.76 bits per heavy atom. The van der Waals surface area contributed by atoms with Crippen LogP contribution in [-0.2, 0) is 22.6 Å². The van der Waals surface area contributed by atoms with Crippen LogP contribution in [-0.4, -0.2) is 34.8 Å². The fourth-order valence-electron chi connectivity index (χ4n) is 3.84. The summed E-state index contributed by atoms with van der Waals surface area (Å²) < 4.78 is 5.39. The highest BCUT2D eigenvalue weighted by atomic mass is 16.5. The average Bonchev–Trinajstić information content (AvgIpc) is 3.43. The van der Waals surface area contributed by atoms with Crippen LogP contribution in [0.3, 0.4) is 0 Å². The van der Waals surface area contributed by atoms with Crippen LogP contribution in [0, 0.1) is 0 Å².